The quantitative estimate of drug-likeness (QED) is 0.690. The van der Waals surface area contributed by atoms with Crippen molar-refractivity contribution in [2.45, 2.75) is 20.4 Å². The van der Waals surface area contributed by atoms with Gasteiger partial charge in [0.05, 0.1) is 6.61 Å². The summed E-state index contributed by atoms with van der Waals surface area (Å²) in [4.78, 5) is 14.1. The van der Waals surface area contributed by atoms with Gasteiger partial charge in [-0.05, 0) is 37.6 Å². The highest BCUT2D eigenvalue weighted by Gasteiger charge is 2.08. The molecule has 1 N–H and O–H groups in total. The molecule has 25 heavy (non-hydrogen) atoms. The Hall–Kier alpha value is -2.53. The molecule has 5 heteroatoms. The SMILES string of the molecule is CCOCCOC(=O)Nc1cccc(N(CC)Cc2ccccc2)c1. The topological polar surface area (TPSA) is 50.8 Å². The summed E-state index contributed by atoms with van der Waals surface area (Å²) in [7, 11) is 0. The Morgan fingerprint density at radius 2 is 1.84 bits per heavy atom. The summed E-state index contributed by atoms with van der Waals surface area (Å²) in [6.07, 6.45) is -0.469. The largest absolute Gasteiger partial charge is 0.447 e. The van der Waals surface area contributed by atoms with Crippen molar-refractivity contribution in [3.05, 3.63) is 60.2 Å². The molecule has 5 nitrogen and oxygen atoms in total. The zero-order chi connectivity index (χ0) is 17.9. The number of carbonyl (C=O) groups is 1. The van der Waals surface area contributed by atoms with Gasteiger partial charge in [0, 0.05) is 31.1 Å². The van der Waals surface area contributed by atoms with Crippen LogP contribution in [0.25, 0.3) is 0 Å². The van der Waals surface area contributed by atoms with Crippen LogP contribution in [0.3, 0.4) is 0 Å². The summed E-state index contributed by atoms with van der Waals surface area (Å²) in [6.45, 7) is 6.97. The summed E-state index contributed by atoms with van der Waals surface area (Å²) in [5.41, 5.74) is 3.02. The van der Waals surface area contributed by atoms with Gasteiger partial charge in [0.2, 0.25) is 0 Å². The number of nitrogens with one attached hydrogen (secondary N) is 1. The molecule has 0 radical (unpaired) electrons. The Morgan fingerprint density at radius 1 is 1.04 bits per heavy atom. The highest BCUT2D eigenvalue weighted by molar-refractivity contribution is 5.85. The molecule has 0 bridgehead atoms. The van der Waals surface area contributed by atoms with Crippen LogP contribution in [-0.4, -0.2) is 32.5 Å². The van der Waals surface area contributed by atoms with Crippen molar-refractivity contribution < 1.29 is 14.3 Å². The van der Waals surface area contributed by atoms with E-state index in [1.54, 1.807) is 0 Å². The van der Waals surface area contributed by atoms with E-state index in [2.05, 4.69) is 29.3 Å². The van der Waals surface area contributed by atoms with Crippen molar-refractivity contribution in [2.24, 2.45) is 0 Å². The lowest BCUT2D eigenvalue weighted by atomic mass is 10.2. The first-order valence-corrected chi connectivity index (χ1v) is 8.63. The first-order valence-electron chi connectivity index (χ1n) is 8.63. The third-order valence-corrected chi connectivity index (χ3v) is 3.72. The minimum absolute atomic E-state index is 0.245. The van der Waals surface area contributed by atoms with E-state index in [-0.39, 0.29) is 6.61 Å². The number of carbonyl (C=O) groups excluding carboxylic acids is 1. The highest BCUT2D eigenvalue weighted by atomic mass is 16.6. The number of ether oxygens (including phenoxy) is 2. The van der Waals surface area contributed by atoms with Crippen molar-refractivity contribution in [3.8, 4) is 0 Å². The number of nitrogens with zero attached hydrogens (tertiary/aromatic N) is 1. The Labute approximate surface area is 149 Å². The molecule has 2 rings (SSSR count). The van der Waals surface area contributed by atoms with E-state index in [1.807, 2.05) is 49.4 Å². The van der Waals surface area contributed by atoms with Crippen LogP contribution < -0.4 is 10.2 Å². The van der Waals surface area contributed by atoms with Gasteiger partial charge in [-0.15, -0.1) is 0 Å². The van der Waals surface area contributed by atoms with Crippen molar-refractivity contribution in [1.82, 2.24) is 0 Å². The van der Waals surface area contributed by atoms with E-state index in [4.69, 9.17) is 9.47 Å². The van der Waals surface area contributed by atoms with Crippen molar-refractivity contribution in [3.63, 3.8) is 0 Å². The van der Waals surface area contributed by atoms with E-state index < -0.39 is 6.09 Å². The van der Waals surface area contributed by atoms with E-state index >= 15 is 0 Å². The number of amides is 1. The summed E-state index contributed by atoms with van der Waals surface area (Å²) in [6, 6.07) is 18.1. The Morgan fingerprint density at radius 3 is 2.56 bits per heavy atom. The van der Waals surface area contributed by atoms with Crippen molar-refractivity contribution >= 4 is 17.5 Å². The second-order valence-corrected chi connectivity index (χ2v) is 5.51. The van der Waals surface area contributed by atoms with Crippen LogP contribution in [0.4, 0.5) is 16.2 Å². The molecule has 0 spiro atoms. The Balaban J connectivity index is 1.95. The lowest BCUT2D eigenvalue weighted by Crippen LogP contribution is -2.22. The highest BCUT2D eigenvalue weighted by Crippen LogP contribution is 2.21. The van der Waals surface area contributed by atoms with Gasteiger partial charge in [-0.2, -0.15) is 0 Å². The fraction of sp³-hybridized carbons (Fsp3) is 0.350. The molecule has 0 saturated carbocycles. The maximum atomic E-state index is 11.8. The number of benzene rings is 2. The maximum absolute atomic E-state index is 11.8. The van der Waals surface area contributed by atoms with Crippen molar-refractivity contribution in [2.75, 3.05) is 36.6 Å². The molecule has 0 aliphatic heterocycles. The summed E-state index contributed by atoms with van der Waals surface area (Å²) in [5.74, 6) is 0. The van der Waals surface area contributed by atoms with Gasteiger partial charge in [-0.1, -0.05) is 36.4 Å². The molecule has 1 amide bonds. The lowest BCUT2D eigenvalue weighted by Gasteiger charge is -2.24. The zero-order valence-electron chi connectivity index (χ0n) is 14.9. The molecular formula is C20H26N2O3. The molecule has 0 unspecified atom stereocenters. The smallest absolute Gasteiger partial charge is 0.411 e. The standard InChI is InChI=1S/C20H26N2O3/c1-3-22(16-17-9-6-5-7-10-17)19-12-8-11-18(15-19)21-20(23)25-14-13-24-4-2/h5-12,15H,3-4,13-14,16H2,1-2H3,(H,21,23). The monoisotopic (exact) mass is 342 g/mol. The first kappa shape index (κ1) is 18.8. The van der Waals surface area contributed by atoms with E-state index in [9.17, 15) is 4.79 Å². The second kappa shape index (κ2) is 10.4. The average molecular weight is 342 g/mol. The van der Waals surface area contributed by atoms with Crippen LogP contribution in [0.15, 0.2) is 54.6 Å². The molecular weight excluding hydrogens is 316 g/mol. The second-order valence-electron chi connectivity index (χ2n) is 5.51. The molecule has 0 aliphatic carbocycles. The maximum Gasteiger partial charge on any atom is 0.411 e. The summed E-state index contributed by atoms with van der Waals surface area (Å²) >= 11 is 0. The molecule has 0 heterocycles. The van der Waals surface area contributed by atoms with Crippen LogP contribution in [0.1, 0.15) is 19.4 Å². The average Bonchev–Trinajstić information content (AvgIpc) is 2.64. The van der Waals surface area contributed by atoms with Gasteiger partial charge < -0.3 is 14.4 Å². The number of rotatable bonds is 9. The van der Waals surface area contributed by atoms with Gasteiger partial charge in [-0.25, -0.2) is 4.79 Å². The van der Waals surface area contributed by atoms with Gasteiger partial charge in [-0.3, -0.25) is 5.32 Å². The number of hydrogen-bond acceptors (Lipinski definition) is 4. The van der Waals surface area contributed by atoms with Crippen LogP contribution in [0, 0.1) is 0 Å². The number of anilines is 2. The molecule has 134 valence electrons. The van der Waals surface area contributed by atoms with Gasteiger partial charge >= 0.3 is 6.09 Å². The predicted molar refractivity (Wildman–Crippen MR) is 101 cm³/mol. The lowest BCUT2D eigenvalue weighted by molar-refractivity contribution is 0.0850. The molecule has 0 aromatic heterocycles. The van der Waals surface area contributed by atoms with Crippen LogP contribution >= 0.6 is 0 Å². The first-order chi connectivity index (χ1) is 12.2. The summed E-state index contributed by atoms with van der Waals surface area (Å²) < 4.78 is 10.2. The van der Waals surface area contributed by atoms with Crippen LogP contribution in [0.5, 0.6) is 0 Å². The minimum Gasteiger partial charge on any atom is -0.447 e. The van der Waals surface area contributed by atoms with E-state index in [0.29, 0.717) is 18.9 Å². The van der Waals surface area contributed by atoms with Gasteiger partial charge in [0.15, 0.2) is 0 Å². The normalized spacial score (nSPS) is 10.3. The molecule has 0 saturated heterocycles. The fourth-order valence-corrected chi connectivity index (χ4v) is 2.46. The Kier molecular flexibility index (Phi) is 7.79. The van der Waals surface area contributed by atoms with Gasteiger partial charge in [0.25, 0.3) is 0 Å². The van der Waals surface area contributed by atoms with Gasteiger partial charge in [0.1, 0.15) is 6.61 Å². The third-order valence-electron chi connectivity index (χ3n) is 3.72. The molecule has 0 fully saturated rings. The molecule has 0 atom stereocenters. The fourth-order valence-electron chi connectivity index (χ4n) is 2.46. The van der Waals surface area contributed by atoms with E-state index in [0.717, 1.165) is 18.8 Å². The minimum atomic E-state index is -0.469. The molecule has 2 aromatic rings. The molecule has 2 aromatic carbocycles. The van der Waals surface area contributed by atoms with Crippen LogP contribution in [-0.2, 0) is 16.0 Å². The van der Waals surface area contributed by atoms with Crippen LogP contribution in [0.2, 0.25) is 0 Å². The number of hydrogen-bond donors (Lipinski definition) is 1. The summed E-state index contributed by atoms with van der Waals surface area (Å²) in [5, 5.41) is 2.76. The third kappa shape index (κ3) is 6.47. The molecule has 0 aliphatic rings. The van der Waals surface area contributed by atoms with Crippen molar-refractivity contribution in [1.29, 1.82) is 0 Å². The van der Waals surface area contributed by atoms with E-state index in [1.165, 1.54) is 5.56 Å². The zero-order valence-corrected chi connectivity index (χ0v) is 14.9. The Bertz CT molecular complexity index is 646. The predicted octanol–water partition coefficient (Wildman–Crippen LogP) is 4.30.